The molecule has 1 amide bonds. The SMILES string of the molecule is CC1NC(CCCCNC(=O)CCC(=O)C2CCCCCCCCCC2)C(=O)C1C1CCCCCCCCCC1. The van der Waals surface area contributed by atoms with Crippen molar-refractivity contribution in [3.05, 3.63) is 0 Å². The molecule has 3 aliphatic rings. The molecule has 0 aromatic heterocycles. The van der Waals surface area contributed by atoms with Gasteiger partial charge in [-0.2, -0.15) is 0 Å². The van der Waals surface area contributed by atoms with E-state index in [0.29, 0.717) is 36.9 Å². The summed E-state index contributed by atoms with van der Waals surface area (Å²) in [6, 6.07) is 0.258. The Morgan fingerprint density at radius 1 is 0.700 bits per heavy atom. The molecular weight excluding hydrogens is 496 g/mol. The van der Waals surface area contributed by atoms with Crippen LogP contribution in [0.1, 0.15) is 167 Å². The maximum Gasteiger partial charge on any atom is 0.220 e. The molecule has 5 nitrogen and oxygen atoms in total. The molecule has 0 spiro atoms. The first kappa shape index (κ1) is 33.3. The van der Waals surface area contributed by atoms with Crippen molar-refractivity contribution in [2.75, 3.05) is 6.54 Å². The molecule has 230 valence electrons. The minimum atomic E-state index is -0.0203. The summed E-state index contributed by atoms with van der Waals surface area (Å²) in [5.74, 6) is 1.64. The highest BCUT2D eigenvalue weighted by Crippen LogP contribution is 2.34. The zero-order valence-corrected chi connectivity index (χ0v) is 26.0. The second-order valence-corrected chi connectivity index (χ2v) is 13.5. The summed E-state index contributed by atoms with van der Waals surface area (Å²) in [5, 5.41) is 6.66. The molecule has 40 heavy (non-hydrogen) atoms. The van der Waals surface area contributed by atoms with Crippen LogP contribution in [0.2, 0.25) is 0 Å². The number of Topliss-reactive ketones (excluding diaryl/α,β-unsaturated/α-hetero) is 2. The molecule has 3 atom stereocenters. The van der Waals surface area contributed by atoms with Crippen molar-refractivity contribution in [1.29, 1.82) is 0 Å². The molecule has 0 bridgehead atoms. The maximum absolute atomic E-state index is 13.4. The highest BCUT2D eigenvalue weighted by atomic mass is 16.2. The van der Waals surface area contributed by atoms with Crippen LogP contribution in [0.5, 0.6) is 0 Å². The van der Waals surface area contributed by atoms with Crippen LogP contribution < -0.4 is 10.6 Å². The average molecular weight is 559 g/mol. The normalized spacial score (nSPS) is 27.4. The van der Waals surface area contributed by atoms with Gasteiger partial charge in [0.1, 0.15) is 5.78 Å². The van der Waals surface area contributed by atoms with Gasteiger partial charge >= 0.3 is 0 Å². The van der Waals surface area contributed by atoms with Crippen molar-refractivity contribution in [3.63, 3.8) is 0 Å². The number of amides is 1. The smallest absolute Gasteiger partial charge is 0.220 e. The van der Waals surface area contributed by atoms with E-state index in [1.807, 2.05) is 0 Å². The predicted molar refractivity (Wildman–Crippen MR) is 165 cm³/mol. The Bertz CT molecular complexity index is 714. The molecule has 0 radical (unpaired) electrons. The molecule has 5 heteroatoms. The van der Waals surface area contributed by atoms with E-state index in [9.17, 15) is 14.4 Å². The lowest BCUT2D eigenvalue weighted by molar-refractivity contribution is -0.127. The van der Waals surface area contributed by atoms with Crippen LogP contribution in [0.4, 0.5) is 0 Å². The summed E-state index contributed by atoms with van der Waals surface area (Å²) in [6.07, 6.45) is 28.6. The Morgan fingerprint density at radius 2 is 1.20 bits per heavy atom. The molecule has 3 fully saturated rings. The minimum Gasteiger partial charge on any atom is -0.356 e. The molecule has 1 heterocycles. The van der Waals surface area contributed by atoms with Crippen LogP contribution in [0.15, 0.2) is 0 Å². The van der Waals surface area contributed by atoms with Gasteiger partial charge < -0.3 is 10.6 Å². The molecule has 0 aromatic carbocycles. The van der Waals surface area contributed by atoms with Crippen LogP contribution >= 0.6 is 0 Å². The summed E-state index contributed by atoms with van der Waals surface area (Å²) in [5.41, 5.74) is 0. The number of carbonyl (C=O) groups excluding carboxylic acids is 3. The molecular formula is C35H62N2O3. The zero-order chi connectivity index (χ0) is 28.4. The number of rotatable bonds is 10. The second-order valence-electron chi connectivity index (χ2n) is 13.5. The van der Waals surface area contributed by atoms with Gasteiger partial charge in [0.2, 0.25) is 5.91 Å². The lowest BCUT2D eigenvalue weighted by atomic mass is 9.78. The summed E-state index contributed by atoms with van der Waals surface area (Å²) >= 11 is 0. The maximum atomic E-state index is 13.4. The second kappa shape index (κ2) is 19.8. The van der Waals surface area contributed by atoms with E-state index in [4.69, 9.17) is 0 Å². The Hall–Kier alpha value is -1.23. The van der Waals surface area contributed by atoms with E-state index in [2.05, 4.69) is 17.6 Å². The fraction of sp³-hybridized carbons (Fsp3) is 0.914. The van der Waals surface area contributed by atoms with Gasteiger partial charge in [0.25, 0.3) is 0 Å². The number of hydrogen-bond donors (Lipinski definition) is 2. The van der Waals surface area contributed by atoms with E-state index < -0.39 is 0 Å². The van der Waals surface area contributed by atoms with Crippen LogP contribution in [-0.2, 0) is 14.4 Å². The Kier molecular flexibility index (Phi) is 16.5. The summed E-state index contributed by atoms with van der Waals surface area (Å²) in [6.45, 7) is 2.86. The van der Waals surface area contributed by atoms with Crippen molar-refractivity contribution >= 4 is 17.5 Å². The number of unbranched alkanes of at least 4 members (excludes halogenated alkanes) is 1. The quantitative estimate of drug-likeness (QED) is 0.265. The Balaban J connectivity index is 1.30. The van der Waals surface area contributed by atoms with Gasteiger partial charge in [0.05, 0.1) is 6.04 Å². The zero-order valence-electron chi connectivity index (χ0n) is 26.0. The van der Waals surface area contributed by atoms with Gasteiger partial charge in [-0.3, -0.25) is 14.4 Å². The van der Waals surface area contributed by atoms with Crippen molar-refractivity contribution in [2.45, 2.75) is 180 Å². The number of ketones is 2. The lowest BCUT2D eigenvalue weighted by Crippen LogP contribution is -2.31. The molecule has 1 aliphatic heterocycles. The van der Waals surface area contributed by atoms with Crippen LogP contribution in [-0.4, -0.2) is 36.1 Å². The molecule has 2 saturated carbocycles. The first-order valence-corrected chi connectivity index (χ1v) is 17.7. The van der Waals surface area contributed by atoms with Gasteiger partial charge in [-0.15, -0.1) is 0 Å². The molecule has 3 unspecified atom stereocenters. The predicted octanol–water partition coefficient (Wildman–Crippen LogP) is 8.23. The van der Waals surface area contributed by atoms with Crippen molar-refractivity contribution in [1.82, 2.24) is 10.6 Å². The molecule has 0 aromatic rings. The van der Waals surface area contributed by atoms with Gasteiger partial charge in [-0.05, 0) is 57.8 Å². The molecule has 2 aliphatic carbocycles. The average Bonchev–Trinajstić information content (AvgIpc) is 3.17. The van der Waals surface area contributed by atoms with E-state index in [-0.39, 0.29) is 29.8 Å². The van der Waals surface area contributed by atoms with E-state index >= 15 is 0 Å². The highest BCUT2D eigenvalue weighted by molar-refractivity contribution is 5.89. The minimum absolute atomic E-state index is 0.000528. The highest BCUT2D eigenvalue weighted by Gasteiger charge is 2.42. The van der Waals surface area contributed by atoms with E-state index in [1.165, 1.54) is 103 Å². The monoisotopic (exact) mass is 558 g/mol. The third kappa shape index (κ3) is 12.3. The number of nitrogens with one attached hydrogen (secondary N) is 2. The Labute approximate surface area is 246 Å². The van der Waals surface area contributed by atoms with Crippen LogP contribution in [0, 0.1) is 17.8 Å². The first-order chi connectivity index (χ1) is 19.6. The Morgan fingerprint density at radius 3 is 1.75 bits per heavy atom. The van der Waals surface area contributed by atoms with E-state index in [0.717, 1.165) is 44.9 Å². The van der Waals surface area contributed by atoms with Gasteiger partial charge in [-0.25, -0.2) is 0 Å². The topological polar surface area (TPSA) is 75.3 Å². The lowest BCUT2D eigenvalue weighted by Gasteiger charge is -2.25. The standard InChI is InChI=1S/C35H62N2O3/c1-28-34(30-22-16-12-8-4-5-9-13-17-23-30)35(40)31(37-28)24-18-19-27-36-33(39)26-25-32(38)29-20-14-10-6-2-3-7-11-15-21-29/h28-31,34,37H,2-27H2,1H3,(H,36,39). The van der Waals surface area contributed by atoms with Crippen molar-refractivity contribution < 1.29 is 14.4 Å². The fourth-order valence-corrected chi connectivity index (χ4v) is 7.76. The molecule has 1 saturated heterocycles. The number of hydrogen-bond acceptors (Lipinski definition) is 4. The summed E-state index contributed by atoms with van der Waals surface area (Å²) in [7, 11) is 0. The van der Waals surface area contributed by atoms with Gasteiger partial charge in [-0.1, -0.05) is 103 Å². The van der Waals surface area contributed by atoms with Crippen molar-refractivity contribution in [3.8, 4) is 0 Å². The first-order valence-electron chi connectivity index (χ1n) is 17.7. The molecule has 3 rings (SSSR count). The van der Waals surface area contributed by atoms with Crippen molar-refractivity contribution in [2.24, 2.45) is 17.8 Å². The van der Waals surface area contributed by atoms with Gasteiger partial charge in [0, 0.05) is 37.3 Å². The fourth-order valence-electron chi connectivity index (χ4n) is 7.76. The van der Waals surface area contributed by atoms with Gasteiger partial charge in [0.15, 0.2) is 5.78 Å². The van der Waals surface area contributed by atoms with Crippen LogP contribution in [0.3, 0.4) is 0 Å². The van der Waals surface area contributed by atoms with E-state index in [1.54, 1.807) is 0 Å². The van der Waals surface area contributed by atoms with Crippen LogP contribution in [0.25, 0.3) is 0 Å². The summed E-state index contributed by atoms with van der Waals surface area (Å²) in [4.78, 5) is 38.7. The third-order valence-corrected chi connectivity index (χ3v) is 10.2. The number of carbonyl (C=O) groups is 3. The summed E-state index contributed by atoms with van der Waals surface area (Å²) < 4.78 is 0. The molecule has 2 N–H and O–H groups in total. The third-order valence-electron chi connectivity index (χ3n) is 10.2. The largest absolute Gasteiger partial charge is 0.356 e.